The van der Waals surface area contributed by atoms with Crippen molar-refractivity contribution in [2.45, 2.75) is 19.4 Å². The molecular weight excluding hydrogens is 416 g/mol. The largest absolute Gasteiger partial charge is 0.478 e. The molecule has 0 aromatic heterocycles. The maximum Gasteiger partial charge on any atom is 0.310 e. The van der Waals surface area contributed by atoms with Crippen LogP contribution >= 0.6 is 15.9 Å². The van der Waals surface area contributed by atoms with Crippen LogP contribution in [0.1, 0.15) is 12.0 Å². The maximum atomic E-state index is 12.0. The molecule has 0 bridgehead atoms. The fraction of sp³-hybridized carbons (Fsp3) is 0.211. The molecular formula is C19H17BrN2O5. The Kier molecular flexibility index (Phi) is 5.75. The second-order valence-corrected chi connectivity index (χ2v) is 6.82. The van der Waals surface area contributed by atoms with Gasteiger partial charge in [-0.25, -0.2) is 0 Å². The quantitative estimate of drug-likeness (QED) is 0.708. The van der Waals surface area contributed by atoms with Gasteiger partial charge in [0.2, 0.25) is 0 Å². The highest BCUT2D eigenvalue weighted by atomic mass is 79.9. The number of benzene rings is 2. The summed E-state index contributed by atoms with van der Waals surface area (Å²) in [7, 11) is 0. The molecule has 0 fully saturated rings. The number of hydrogen-bond acceptors (Lipinski definition) is 5. The Bertz CT molecular complexity index is 899. The van der Waals surface area contributed by atoms with E-state index in [0.717, 1.165) is 10.0 Å². The van der Waals surface area contributed by atoms with Crippen molar-refractivity contribution in [1.82, 2.24) is 0 Å². The van der Waals surface area contributed by atoms with E-state index in [4.69, 9.17) is 9.47 Å². The molecule has 2 amide bonds. The number of carbonyl (C=O) groups is 3. The topological polar surface area (TPSA) is 93.7 Å². The molecule has 2 aromatic carbocycles. The molecule has 7 nitrogen and oxygen atoms in total. The number of carbonyl (C=O) groups excluding carboxylic acids is 3. The zero-order valence-corrected chi connectivity index (χ0v) is 16.0. The molecule has 2 N–H and O–H groups in total. The number of hydrogen-bond donors (Lipinski definition) is 2. The van der Waals surface area contributed by atoms with Gasteiger partial charge in [-0.3, -0.25) is 14.4 Å². The van der Waals surface area contributed by atoms with Crippen LogP contribution < -0.4 is 15.4 Å². The molecule has 27 heavy (non-hydrogen) atoms. The molecule has 0 spiro atoms. The average molecular weight is 433 g/mol. The lowest BCUT2D eigenvalue weighted by atomic mass is 10.1. The van der Waals surface area contributed by atoms with Gasteiger partial charge in [0.15, 0.2) is 12.7 Å². The molecule has 1 heterocycles. The number of rotatable bonds is 5. The molecule has 1 atom stereocenters. The minimum Gasteiger partial charge on any atom is -0.478 e. The summed E-state index contributed by atoms with van der Waals surface area (Å²) in [6.07, 6.45) is -1.28. The molecule has 3 rings (SSSR count). The van der Waals surface area contributed by atoms with Crippen LogP contribution in [0.25, 0.3) is 0 Å². The van der Waals surface area contributed by atoms with Crippen molar-refractivity contribution in [2.75, 3.05) is 17.2 Å². The first-order valence-electron chi connectivity index (χ1n) is 8.20. The Balaban J connectivity index is 1.49. The summed E-state index contributed by atoms with van der Waals surface area (Å²) in [6.45, 7) is 1.48. The molecule has 140 valence electrons. The van der Waals surface area contributed by atoms with Crippen molar-refractivity contribution in [2.24, 2.45) is 0 Å². The molecule has 0 aliphatic carbocycles. The molecule has 8 heteroatoms. The van der Waals surface area contributed by atoms with Gasteiger partial charge >= 0.3 is 5.97 Å². The highest BCUT2D eigenvalue weighted by Crippen LogP contribution is 2.29. The zero-order chi connectivity index (χ0) is 19.4. The minimum atomic E-state index is -0.997. The van der Waals surface area contributed by atoms with Gasteiger partial charge in [-0.15, -0.1) is 0 Å². The number of aryl methyl sites for hydroxylation is 1. The Morgan fingerprint density at radius 1 is 1.26 bits per heavy atom. The van der Waals surface area contributed by atoms with Crippen LogP contribution in [0.2, 0.25) is 0 Å². The minimum absolute atomic E-state index is 0.288. The summed E-state index contributed by atoms with van der Waals surface area (Å²) in [5, 5.41) is 5.30. The predicted molar refractivity (Wildman–Crippen MR) is 103 cm³/mol. The van der Waals surface area contributed by atoms with Gasteiger partial charge in [0, 0.05) is 10.2 Å². The Morgan fingerprint density at radius 2 is 2.04 bits per heavy atom. The van der Waals surface area contributed by atoms with Gasteiger partial charge in [-0.1, -0.05) is 34.1 Å². The summed E-state index contributed by atoms with van der Waals surface area (Å²) in [6, 6.07) is 12.3. The van der Waals surface area contributed by atoms with Crippen LogP contribution in [0.5, 0.6) is 5.75 Å². The third-order valence-electron chi connectivity index (χ3n) is 3.88. The number of ether oxygens (including phenoxy) is 2. The van der Waals surface area contributed by atoms with Crippen LogP contribution in [0, 0.1) is 6.92 Å². The van der Waals surface area contributed by atoms with Crippen molar-refractivity contribution < 1.29 is 23.9 Å². The summed E-state index contributed by atoms with van der Waals surface area (Å²) in [5.41, 5.74) is 2.17. The number of amides is 2. The lowest BCUT2D eigenvalue weighted by molar-refractivity contribution is -0.150. The van der Waals surface area contributed by atoms with E-state index < -0.39 is 30.5 Å². The second kappa shape index (κ2) is 8.22. The monoisotopic (exact) mass is 432 g/mol. The molecule has 0 saturated heterocycles. The van der Waals surface area contributed by atoms with Crippen LogP contribution in [-0.2, 0) is 19.1 Å². The van der Waals surface area contributed by atoms with Crippen molar-refractivity contribution in [3.63, 3.8) is 0 Å². The van der Waals surface area contributed by atoms with E-state index in [2.05, 4.69) is 26.6 Å². The van der Waals surface area contributed by atoms with Crippen LogP contribution in [0.4, 0.5) is 11.4 Å². The molecule has 2 aromatic rings. The van der Waals surface area contributed by atoms with Crippen LogP contribution in [-0.4, -0.2) is 30.5 Å². The standard InChI is InChI=1S/C19H17BrN2O5/c1-11-6-7-12(8-13(11)20)21-17(23)10-26-18(24)9-16-19(25)22-14-4-2-3-5-15(14)27-16/h2-8,16H,9-10H2,1H3,(H,21,23)(H,22,25). The van der Waals surface area contributed by atoms with E-state index in [-0.39, 0.29) is 6.42 Å². The first kappa shape index (κ1) is 18.9. The van der Waals surface area contributed by atoms with Crippen molar-refractivity contribution in [1.29, 1.82) is 0 Å². The third kappa shape index (κ3) is 4.85. The Morgan fingerprint density at radius 3 is 2.81 bits per heavy atom. The van der Waals surface area contributed by atoms with E-state index in [1.54, 1.807) is 36.4 Å². The van der Waals surface area contributed by atoms with E-state index in [9.17, 15) is 14.4 Å². The van der Waals surface area contributed by atoms with Crippen LogP contribution in [0.15, 0.2) is 46.9 Å². The normalized spacial score (nSPS) is 15.2. The number of anilines is 2. The number of esters is 1. The first-order chi connectivity index (χ1) is 12.9. The lowest BCUT2D eigenvalue weighted by Gasteiger charge is -2.25. The SMILES string of the molecule is Cc1ccc(NC(=O)COC(=O)CC2Oc3ccccc3NC2=O)cc1Br. The number of fused-ring (bicyclic) bond motifs is 1. The van der Waals surface area contributed by atoms with Gasteiger partial charge in [-0.05, 0) is 36.8 Å². The van der Waals surface area contributed by atoms with E-state index in [0.29, 0.717) is 17.1 Å². The molecule has 0 radical (unpaired) electrons. The fourth-order valence-corrected chi connectivity index (χ4v) is 2.83. The lowest BCUT2D eigenvalue weighted by Crippen LogP contribution is -2.39. The fourth-order valence-electron chi connectivity index (χ4n) is 2.45. The van der Waals surface area contributed by atoms with E-state index in [1.165, 1.54) is 0 Å². The molecule has 1 aliphatic rings. The van der Waals surface area contributed by atoms with Crippen molar-refractivity contribution >= 4 is 45.1 Å². The Labute approximate surface area is 164 Å². The summed E-state index contributed by atoms with van der Waals surface area (Å²) in [5.74, 6) is -1.12. The first-order valence-corrected chi connectivity index (χ1v) is 9.00. The van der Waals surface area contributed by atoms with Gasteiger partial charge in [-0.2, -0.15) is 0 Å². The van der Waals surface area contributed by atoms with Crippen molar-refractivity contribution in [3.05, 3.63) is 52.5 Å². The highest BCUT2D eigenvalue weighted by molar-refractivity contribution is 9.10. The number of halogens is 1. The molecule has 1 unspecified atom stereocenters. The zero-order valence-electron chi connectivity index (χ0n) is 14.5. The van der Waals surface area contributed by atoms with Crippen LogP contribution in [0.3, 0.4) is 0 Å². The van der Waals surface area contributed by atoms with E-state index >= 15 is 0 Å². The average Bonchev–Trinajstić information content (AvgIpc) is 2.64. The van der Waals surface area contributed by atoms with Gasteiger partial charge < -0.3 is 20.1 Å². The summed E-state index contributed by atoms with van der Waals surface area (Å²) < 4.78 is 11.3. The summed E-state index contributed by atoms with van der Waals surface area (Å²) in [4.78, 5) is 35.9. The summed E-state index contributed by atoms with van der Waals surface area (Å²) >= 11 is 3.38. The second-order valence-electron chi connectivity index (χ2n) is 5.97. The molecule has 1 aliphatic heterocycles. The van der Waals surface area contributed by atoms with Gasteiger partial charge in [0.05, 0.1) is 12.1 Å². The maximum absolute atomic E-state index is 12.0. The third-order valence-corrected chi connectivity index (χ3v) is 4.73. The smallest absolute Gasteiger partial charge is 0.310 e. The highest BCUT2D eigenvalue weighted by Gasteiger charge is 2.30. The number of para-hydroxylation sites is 2. The Hall–Kier alpha value is -2.87. The number of nitrogens with one attached hydrogen (secondary N) is 2. The molecule has 0 saturated carbocycles. The predicted octanol–water partition coefficient (Wildman–Crippen LogP) is 3.03. The van der Waals surface area contributed by atoms with E-state index in [1.807, 2.05) is 13.0 Å². The van der Waals surface area contributed by atoms with Crippen molar-refractivity contribution in [3.8, 4) is 5.75 Å². The van der Waals surface area contributed by atoms with Gasteiger partial charge in [0.1, 0.15) is 5.75 Å². The van der Waals surface area contributed by atoms with Gasteiger partial charge in [0.25, 0.3) is 11.8 Å².